The molecule has 4 rings (SSSR count). The highest BCUT2D eigenvalue weighted by atomic mass is 16.5. The van der Waals surface area contributed by atoms with Gasteiger partial charge in [0.25, 0.3) is 0 Å². The van der Waals surface area contributed by atoms with E-state index in [1.54, 1.807) is 0 Å². The molecule has 0 amide bonds. The van der Waals surface area contributed by atoms with Crippen molar-refractivity contribution in [1.29, 1.82) is 0 Å². The van der Waals surface area contributed by atoms with Crippen LogP contribution in [0.2, 0.25) is 0 Å². The van der Waals surface area contributed by atoms with Gasteiger partial charge in [-0.3, -0.25) is 0 Å². The molecule has 0 saturated heterocycles. The third-order valence-corrected chi connectivity index (χ3v) is 3.79. The van der Waals surface area contributed by atoms with Gasteiger partial charge in [-0.2, -0.15) is 0 Å². The van der Waals surface area contributed by atoms with Crippen LogP contribution in [-0.4, -0.2) is 15.0 Å². The average Bonchev–Trinajstić information content (AvgIpc) is 2.84. The van der Waals surface area contributed by atoms with E-state index in [0.29, 0.717) is 13.2 Å². The van der Waals surface area contributed by atoms with E-state index < -0.39 is 0 Å². The van der Waals surface area contributed by atoms with Crippen LogP contribution in [0.3, 0.4) is 0 Å². The summed E-state index contributed by atoms with van der Waals surface area (Å²) in [6.45, 7) is 3.19. The molecule has 4 heteroatoms. The highest BCUT2D eigenvalue weighted by Crippen LogP contribution is 2.31. The first-order valence-corrected chi connectivity index (χ1v) is 7.00. The molecule has 0 aliphatic carbocycles. The SMILES string of the molecule is Cc1ccc(-n2nnc3c2-c2ccccc2COC3)cc1. The van der Waals surface area contributed by atoms with Gasteiger partial charge < -0.3 is 4.74 Å². The van der Waals surface area contributed by atoms with Crippen LogP contribution >= 0.6 is 0 Å². The summed E-state index contributed by atoms with van der Waals surface area (Å²) in [6.07, 6.45) is 0. The van der Waals surface area contributed by atoms with E-state index in [4.69, 9.17) is 4.74 Å². The van der Waals surface area contributed by atoms with Crippen molar-refractivity contribution in [2.45, 2.75) is 20.1 Å². The summed E-state index contributed by atoms with van der Waals surface area (Å²) < 4.78 is 7.60. The molecule has 0 saturated carbocycles. The van der Waals surface area contributed by atoms with Gasteiger partial charge in [0.1, 0.15) is 11.4 Å². The lowest BCUT2D eigenvalue weighted by atomic mass is 10.0. The molecule has 1 aromatic heterocycles. The number of hydrogen-bond donors (Lipinski definition) is 0. The molecule has 1 aliphatic heterocycles. The van der Waals surface area contributed by atoms with Gasteiger partial charge in [-0.05, 0) is 24.6 Å². The number of ether oxygens (including phenoxy) is 1. The lowest BCUT2D eigenvalue weighted by molar-refractivity contribution is 0.107. The van der Waals surface area contributed by atoms with Crippen LogP contribution in [0.1, 0.15) is 16.8 Å². The van der Waals surface area contributed by atoms with Crippen molar-refractivity contribution >= 4 is 0 Å². The van der Waals surface area contributed by atoms with Crippen LogP contribution in [0, 0.1) is 6.92 Å². The van der Waals surface area contributed by atoms with E-state index in [9.17, 15) is 0 Å². The van der Waals surface area contributed by atoms with Gasteiger partial charge in [-0.1, -0.05) is 47.2 Å². The predicted molar refractivity (Wildman–Crippen MR) is 80.0 cm³/mol. The molecule has 21 heavy (non-hydrogen) atoms. The maximum atomic E-state index is 5.70. The number of aryl methyl sites for hydroxylation is 1. The fourth-order valence-corrected chi connectivity index (χ4v) is 2.68. The van der Waals surface area contributed by atoms with Crippen molar-refractivity contribution in [3.05, 3.63) is 65.4 Å². The van der Waals surface area contributed by atoms with E-state index >= 15 is 0 Å². The zero-order valence-electron chi connectivity index (χ0n) is 11.8. The van der Waals surface area contributed by atoms with Crippen LogP contribution < -0.4 is 0 Å². The molecule has 3 aromatic rings. The summed E-state index contributed by atoms with van der Waals surface area (Å²) in [5.41, 5.74) is 6.50. The predicted octanol–water partition coefficient (Wildman–Crippen LogP) is 3.27. The minimum Gasteiger partial charge on any atom is -0.370 e. The summed E-state index contributed by atoms with van der Waals surface area (Å²) in [6, 6.07) is 16.6. The quantitative estimate of drug-likeness (QED) is 0.685. The van der Waals surface area contributed by atoms with Crippen molar-refractivity contribution < 1.29 is 4.74 Å². The van der Waals surface area contributed by atoms with Gasteiger partial charge in [0, 0.05) is 5.56 Å². The first-order chi connectivity index (χ1) is 10.3. The molecule has 104 valence electrons. The molecular weight excluding hydrogens is 262 g/mol. The van der Waals surface area contributed by atoms with Crippen LogP contribution in [-0.2, 0) is 18.0 Å². The number of rotatable bonds is 1. The fourth-order valence-electron chi connectivity index (χ4n) is 2.68. The lowest BCUT2D eigenvalue weighted by Crippen LogP contribution is -2.00. The topological polar surface area (TPSA) is 39.9 Å². The number of fused-ring (bicyclic) bond motifs is 3. The molecule has 2 aromatic carbocycles. The zero-order chi connectivity index (χ0) is 14.2. The van der Waals surface area contributed by atoms with E-state index in [-0.39, 0.29) is 0 Å². The monoisotopic (exact) mass is 277 g/mol. The molecule has 2 heterocycles. The second-order valence-electron chi connectivity index (χ2n) is 5.28. The minimum absolute atomic E-state index is 0.496. The zero-order valence-corrected chi connectivity index (χ0v) is 11.8. The van der Waals surface area contributed by atoms with E-state index in [2.05, 4.69) is 53.6 Å². The minimum atomic E-state index is 0.496. The molecule has 0 bridgehead atoms. The van der Waals surface area contributed by atoms with Crippen LogP contribution in [0.4, 0.5) is 0 Å². The molecule has 0 N–H and O–H groups in total. The second kappa shape index (κ2) is 4.82. The highest BCUT2D eigenvalue weighted by Gasteiger charge is 2.21. The molecule has 1 aliphatic rings. The summed E-state index contributed by atoms with van der Waals surface area (Å²) in [4.78, 5) is 0. The summed E-state index contributed by atoms with van der Waals surface area (Å²) in [5.74, 6) is 0. The molecule has 4 nitrogen and oxygen atoms in total. The average molecular weight is 277 g/mol. The largest absolute Gasteiger partial charge is 0.370 e. The molecule has 0 fully saturated rings. The van der Waals surface area contributed by atoms with E-state index in [0.717, 1.165) is 22.6 Å². The molecular formula is C17H15N3O. The Hall–Kier alpha value is -2.46. The van der Waals surface area contributed by atoms with Gasteiger partial charge in [0.15, 0.2) is 0 Å². The normalized spacial score (nSPS) is 13.4. The third-order valence-electron chi connectivity index (χ3n) is 3.79. The first kappa shape index (κ1) is 12.3. The fraction of sp³-hybridized carbons (Fsp3) is 0.176. The Kier molecular flexibility index (Phi) is 2.82. The molecule has 0 atom stereocenters. The molecule has 0 unspecified atom stereocenters. The number of hydrogen-bond acceptors (Lipinski definition) is 3. The Labute approximate surface area is 123 Å². The maximum Gasteiger partial charge on any atom is 0.117 e. The van der Waals surface area contributed by atoms with Crippen LogP contribution in [0.5, 0.6) is 0 Å². The highest BCUT2D eigenvalue weighted by molar-refractivity contribution is 5.68. The standard InChI is InChI=1S/C17H15N3O/c1-12-6-8-14(9-7-12)20-17-15-5-3-2-4-13(15)10-21-11-16(17)18-19-20/h2-9H,10-11H2,1H3. The van der Waals surface area contributed by atoms with Crippen LogP contribution in [0.15, 0.2) is 48.5 Å². The first-order valence-electron chi connectivity index (χ1n) is 7.00. The van der Waals surface area contributed by atoms with Gasteiger partial charge in [0.2, 0.25) is 0 Å². The smallest absolute Gasteiger partial charge is 0.117 e. The second-order valence-corrected chi connectivity index (χ2v) is 5.28. The summed E-state index contributed by atoms with van der Waals surface area (Å²) >= 11 is 0. The van der Waals surface area contributed by atoms with E-state index in [1.807, 2.05) is 16.8 Å². The molecule has 0 radical (unpaired) electrons. The maximum absolute atomic E-state index is 5.70. The Balaban J connectivity index is 1.95. The van der Waals surface area contributed by atoms with Crippen molar-refractivity contribution in [2.24, 2.45) is 0 Å². The Bertz CT molecular complexity index is 790. The number of nitrogens with zero attached hydrogens (tertiary/aromatic N) is 3. The van der Waals surface area contributed by atoms with Gasteiger partial charge in [-0.15, -0.1) is 5.10 Å². The summed E-state index contributed by atoms with van der Waals surface area (Å²) in [5, 5.41) is 8.63. The van der Waals surface area contributed by atoms with Crippen molar-refractivity contribution in [2.75, 3.05) is 0 Å². The van der Waals surface area contributed by atoms with Crippen molar-refractivity contribution in [3.63, 3.8) is 0 Å². The van der Waals surface area contributed by atoms with Gasteiger partial charge >= 0.3 is 0 Å². The third kappa shape index (κ3) is 2.04. The van der Waals surface area contributed by atoms with Gasteiger partial charge in [0.05, 0.1) is 18.9 Å². The Morgan fingerprint density at radius 2 is 1.81 bits per heavy atom. The van der Waals surface area contributed by atoms with Crippen molar-refractivity contribution in [1.82, 2.24) is 15.0 Å². The summed E-state index contributed by atoms with van der Waals surface area (Å²) in [7, 11) is 0. The van der Waals surface area contributed by atoms with Crippen molar-refractivity contribution in [3.8, 4) is 16.9 Å². The number of aromatic nitrogens is 3. The Morgan fingerprint density at radius 3 is 2.67 bits per heavy atom. The lowest BCUT2D eigenvalue weighted by Gasteiger charge is -2.09. The van der Waals surface area contributed by atoms with Crippen LogP contribution in [0.25, 0.3) is 16.9 Å². The Morgan fingerprint density at radius 1 is 1.00 bits per heavy atom. The van der Waals surface area contributed by atoms with E-state index in [1.165, 1.54) is 11.1 Å². The van der Waals surface area contributed by atoms with Gasteiger partial charge in [-0.25, -0.2) is 4.68 Å². The molecule has 0 spiro atoms. The number of benzene rings is 2.